The fraction of sp³-hybridized carbons (Fsp3) is 0.500. The summed E-state index contributed by atoms with van der Waals surface area (Å²) in [5.41, 5.74) is 6.44. The second-order valence-electron chi connectivity index (χ2n) is 5.40. The molecule has 2 unspecified atom stereocenters. The summed E-state index contributed by atoms with van der Waals surface area (Å²) < 4.78 is 23.0. The first kappa shape index (κ1) is 13.3. The lowest BCUT2D eigenvalue weighted by atomic mass is 9.63. The number of hydrogen-bond donors (Lipinski definition) is 3. The number of para-hydroxylation sites is 1. The maximum Gasteiger partial charge on any atom is 0.240 e. The summed E-state index contributed by atoms with van der Waals surface area (Å²) in [5, 5.41) is 8.43. The Labute approximate surface area is 108 Å². The molecular formula is C12H19N3O2S. The molecule has 2 rings (SSSR count). The zero-order valence-electron chi connectivity index (χ0n) is 10.6. The van der Waals surface area contributed by atoms with Gasteiger partial charge in [-0.2, -0.15) is 0 Å². The van der Waals surface area contributed by atoms with Gasteiger partial charge in [0.2, 0.25) is 10.0 Å². The highest BCUT2D eigenvalue weighted by Gasteiger charge is 2.46. The number of anilines is 1. The average Bonchev–Trinajstić information content (AvgIpc) is 2.28. The molecule has 0 radical (unpaired) electrons. The summed E-state index contributed by atoms with van der Waals surface area (Å²) in [5.74, 6) is 0. The molecule has 1 aromatic rings. The minimum atomic E-state index is -3.71. The molecule has 1 saturated carbocycles. The molecule has 6 heteroatoms. The third-order valence-corrected chi connectivity index (χ3v) is 4.84. The number of hydrogen-bond acceptors (Lipinski definition) is 4. The van der Waals surface area contributed by atoms with Crippen LogP contribution in [0.3, 0.4) is 0 Å². The Morgan fingerprint density at radius 3 is 2.44 bits per heavy atom. The minimum absolute atomic E-state index is 0.0501. The summed E-state index contributed by atoms with van der Waals surface area (Å²) in [6.07, 6.45) is 0.825. The van der Waals surface area contributed by atoms with Crippen molar-refractivity contribution in [2.75, 3.05) is 5.32 Å². The summed E-state index contributed by atoms with van der Waals surface area (Å²) in [6.45, 7) is 4.14. The van der Waals surface area contributed by atoms with E-state index in [0.29, 0.717) is 5.69 Å². The Bertz CT molecular complexity index is 554. The Morgan fingerprint density at radius 1 is 1.33 bits per heavy atom. The fourth-order valence-electron chi connectivity index (χ4n) is 2.23. The SMILES string of the molecule is CC1(C)C(N)CC1Nc1ccccc1S(N)(=O)=O. The van der Waals surface area contributed by atoms with Gasteiger partial charge in [0.25, 0.3) is 0 Å². The molecule has 0 aliphatic heterocycles. The molecule has 0 amide bonds. The number of nitrogens with two attached hydrogens (primary N) is 2. The molecule has 1 aromatic carbocycles. The number of sulfonamides is 1. The lowest BCUT2D eigenvalue weighted by molar-refractivity contribution is 0.117. The molecule has 2 atom stereocenters. The van der Waals surface area contributed by atoms with E-state index in [2.05, 4.69) is 19.2 Å². The molecule has 100 valence electrons. The van der Waals surface area contributed by atoms with Gasteiger partial charge in [0.15, 0.2) is 0 Å². The van der Waals surface area contributed by atoms with Crippen LogP contribution in [-0.4, -0.2) is 20.5 Å². The summed E-state index contributed by atoms with van der Waals surface area (Å²) in [7, 11) is -3.71. The van der Waals surface area contributed by atoms with Crippen molar-refractivity contribution in [3.05, 3.63) is 24.3 Å². The van der Waals surface area contributed by atoms with E-state index in [-0.39, 0.29) is 22.4 Å². The molecule has 18 heavy (non-hydrogen) atoms. The zero-order chi connectivity index (χ0) is 13.6. The van der Waals surface area contributed by atoms with Gasteiger partial charge in [-0.25, -0.2) is 13.6 Å². The van der Waals surface area contributed by atoms with Crippen LogP contribution >= 0.6 is 0 Å². The van der Waals surface area contributed by atoms with Crippen LogP contribution in [0, 0.1) is 5.41 Å². The second kappa shape index (κ2) is 4.22. The highest BCUT2D eigenvalue weighted by molar-refractivity contribution is 7.89. The molecule has 5 N–H and O–H groups in total. The number of primary sulfonamides is 1. The first-order chi connectivity index (χ1) is 8.23. The maximum atomic E-state index is 11.5. The predicted octanol–water partition coefficient (Wildman–Crippen LogP) is 0.872. The van der Waals surface area contributed by atoms with Crippen LogP contribution in [0.15, 0.2) is 29.2 Å². The molecule has 5 nitrogen and oxygen atoms in total. The monoisotopic (exact) mass is 269 g/mol. The third kappa shape index (κ3) is 2.23. The number of benzene rings is 1. The molecule has 1 fully saturated rings. The highest BCUT2D eigenvalue weighted by Crippen LogP contribution is 2.41. The van der Waals surface area contributed by atoms with Gasteiger partial charge in [0, 0.05) is 17.5 Å². The lowest BCUT2D eigenvalue weighted by Crippen LogP contribution is -2.61. The Balaban J connectivity index is 2.27. The zero-order valence-corrected chi connectivity index (χ0v) is 11.4. The fourth-order valence-corrected chi connectivity index (χ4v) is 2.93. The van der Waals surface area contributed by atoms with E-state index < -0.39 is 10.0 Å². The Hall–Kier alpha value is -1.11. The normalized spacial score (nSPS) is 26.4. The first-order valence-electron chi connectivity index (χ1n) is 5.87. The van der Waals surface area contributed by atoms with Gasteiger partial charge < -0.3 is 11.1 Å². The van der Waals surface area contributed by atoms with E-state index in [1.807, 2.05) is 0 Å². The number of nitrogens with one attached hydrogen (secondary N) is 1. The summed E-state index contributed by atoms with van der Waals surface area (Å²) in [4.78, 5) is 0.126. The van der Waals surface area contributed by atoms with Crippen molar-refractivity contribution in [2.45, 2.75) is 37.2 Å². The van der Waals surface area contributed by atoms with Gasteiger partial charge in [-0.05, 0) is 18.6 Å². The van der Waals surface area contributed by atoms with Crippen molar-refractivity contribution in [3.63, 3.8) is 0 Å². The predicted molar refractivity (Wildman–Crippen MR) is 71.6 cm³/mol. The minimum Gasteiger partial charge on any atom is -0.381 e. The van der Waals surface area contributed by atoms with E-state index in [0.717, 1.165) is 6.42 Å². The van der Waals surface area contributed by atoms with Gasteiger partial charge >= 0.3 is 0 Å². The van der Waals surface area contributed by atoms with Gasteiger partial charge in [0.05, 0.1) is 5.69 Å². The number of rotatable bonds is 3. The first-order valence-corrected chi connectivity index (χ1v) is 7.41. The molecule has 0 saturated heterocycles. The van der Waals surface area contributed by atoms with Crippen LogP contribution < -0.4 is 16.2 Å². The van der Waals surface area contributed by atoms with Crippen molar-refractivity contribution < 1.29 is 8.42 Å². The summed E-state index contributed by atoms with van der Waals surface area (Å²) >= 11 is 0. The molecule has 0 spiro atoms. The van der Waals surface area contributed by atoms with Crippen LogP contribution in [0.4, 0.5) is 5.69 Å². The van der Waals surface area contributed by atoms with Crippen LogP contribution in [-0.2, 0) is 10.0 Å². The molecule has 0 heterocycles. The van der Waals surface area contributed by atoms with E-state index in [4.69, 9.17) is 10.9 Å². The second-order valence-corrected chi connectivity index (χ2v) is 6.93. The van der Waals surface area contributed by atoms with Crippen LogP contribution in [0.25, 0.3) is 0 Å². The van der Waals surface area contributed by atoms with Crippen molar-refractivity contribution in [1.29, 1.82) is 0 Å². The van der Waals surface area contributed by atoms with Crippen molar-refractivity contribution in [2.24, 2.45) is 16.3 Å². The van der Waals surface area contributed by atoms with Crippen LogP contribution in [0.1, 0.15) is 20.3 Å². The van der Waals surface area contributed by atoms with Crippen molar-refractivity contribution in [3.8, 4) is 0 Å². The Kier molecular flexibility index (Phi) is 3.12. The standard InChI is InChI=1S/C12H19N3O2S/c1-12(2)10(13)7-11(12)15-8-5-3-4-6-9(8)18(14,16)17/h3-6,10-11,15H,7,13H2,1-2H3,(H2,14,16,17). The van der Waals surface area contributed by atoms with Crippen molar-refractivity contribution in [1.82, 2.24) is 0 Å². The smallest absolute Gasteiger partial charge is 0.240 e. The van der Waals surface area contributed by atoms with Gasteiger partial charge in [-0.1, -0.05) is 26.0 Å². The topological polar surface area (TPSA) is 98.2 Å². The largest absolute Gasteiger partial charge is 0.381 e. The third-order valence-electron chi connectivity index (χ3n) is 3.87. The van der Waals surface area contributed by atoms with Crippen LogP contribution in [0.2, 0.25) is 0 Å². The van der Waals surface area contributed by atoms with Gasteiger partial charge in [0.1, 0.15) is 4.90 Å². The van der Waals surface area contributed by atoms with E-state index in [1.165, 1.54) is 6.07 Å². The van der Waals surface area contributed by atoms with Gasteiger partial charge in [-0.3, -0.25) is 0 Å². The molecular weight excluding hydrogens is 250 g/mol. The molecule has 0 bridgehead atoms. The highest BCUT2D eigenvalue weighted by atomic mass is 32.2. The quantitative estimate of drug-likeness (QED) is 0.758. The Morgan fingerprint density at radius 2 is 1.94 bits per heavy atom. The van der Waals surface area contributed by atoms with Crippen molar-refractivity contribution >= 4 is 15.7 Å². The van der Waals surface area contributed by atoms with E-state index >= 15 is 0 Å². The molecule has 1 aliphatic carbocycles. The van der Waals surface area contributed by atoms with E-state index in [1.54, 1.807) is 18.2 Å². The van der Waals surface area contributed by atoms with E-state index in [9.17, 15) is 8.42 Å². The van der Waals surface area contributed by atoms with Crippen LogP contribution in [0.5, 0.6) is 0 Å². The molecule has 0 aromatic heterocycles. The summed E-state index contributed by atoms with van der Waals surface area (Å²) in [6, 6.07) is 6.96. The maximum absolute atomic E-state index is 11.5. The molecule has 1 aliphatic rings. The van der Waals surface area contributed by atoms with Gasteiger partial charge in [-0.15, -0.1) is 0 Å². The lowest BCUT2D eigenvalue weighted by Gasteiger charge is -2.51. The average molecular weight is 269 g/mol.